The average Bonchev–Trinajstić information content (AvgIpc) is 3.17. The Balaban J connectivity index is 1.73. The molecule has 4 rings (SSSR count). The molecule has 0 radical (unpaired) electrons. The number of hydrogen-bond acceptors (Lipinski definition) is 3. The third-order valence-electron chi connectivity index (χ3n) is 4.78. The molecule has 1 N–H and O–H groups in total. The summed E-state index contributed by atoms with van der Waals surface area (Å²) in [5.74, 6) is -0.369. The first-order chi connectivity index (χ1) is 13.3. The second-order valence-corrected chi connectivity index (χ2v) is 7.94. The zero-order valence-electron chi connectivity index (χ0n) is 16.2. The van der Waals surface area contributed by atoms with Crippen LogP contribution in [0.2, 0.25) is 0 Å². The molecule has 2 aromatic carbocycles. The number of fused-ring (bicyclic) bond motifs is 2. The van der Waals surface area contributed by atoms with E-state index in [9.17, 15) is 9.59 Å². The van der Waals surface area contributed by atoms with Crippen LogP contribution in [0.3, 0.4) is 0 Å². The number of carbonyl (C=O) groups excluding carboxylic acids is 2. The van der Waals surface area contributed by atoms with Gasteiger partial charge in [0.25, 0.3) is 5.91 Å². The number of hydrogen-bond donors (Lipinski definition) is 1. The summed E-state index contributed by atoms with van der Waals surface area (Å²) in [6, 6.07) is 15.5. The highest BCUT2D eigenvalue weighted by Crippen LogP contribution is 2.34. The van der Waals surface area contributed by atoms with E-state index < -0.39 is 5.41 Å². The number of carbonyl (C=O) groups is 2. The Labute approximate surface area is 163 Å². The van der Waals surface area contributed by atoms with Gasteiger partial charge >= 0.3 is 5.97 Å². The molecule has 1 aromatic heterocycles. The summed E-state index contributed by atoms with van der Waals surface area (Å²) in [4.78, 5) is 24.6. The first kappa shape index (κ1) is 18.0. The van der Waals surface area contributed by atoms with E-state index in [0.717, 1.165) is 27.7 Å². The largest absolute Gasteiger partial charge is 0.443 e. The van der Waals surface area contributed by atoms with E-state index in [1.165, 1.54) is 0 Å². The SMILES string of the molecule is CC(C)(C)C(=O)OCn1cc(C=C2C(=O)Nc3ccccc32)c2ccccc21. The fourth-order valence-corrected chi connectivity index (χ4v) is 3.28. The number of amides is 1. The van der Waals surface area contributed by atoms with Crippen LogP contribution in [0, 0.1) is 5.41 Å². The van der Waals surface area contributed by atoms with Crippen LogP contribution in [0.5, 0.6) is 0 Å². The zero-order chi connectivity index (χ0) is 19.9. The lowest BCUT2D eigenvalue weighted by atomic mass is 9.98. The predicted molar refractivity (Wildman–Crippen MR) is 110 cm³/mol. The number of para-hydroxylation sites is 2. The topological polar surface area (TPSA) is 60.3 Å². The van der Waals surface area contributed by atoms with Gasteiger partial charge in [-0.1, -0.05) is 36.4 Å². The van der Waals surface area contributed by atoms with Crippen LogP contribution in [-0.4, -0.2) is 16.4 Å². The second kappa shape index (κ2) is 6.68. The van der Waals surface area contributed by atoms with E-state index in [4.69, 9.17) is 4.74 Å². The Morgan fingerprint density at radius 3 is 2.61 bits per heavy atom. The van der Waals surface area contributed by atoms with E-state index in [2.05, 4.69) is 5.32 Å². The molecule has 0 unspecified atom stereocenters. The first-order valence-electron chi connectivity index (χ1n) is 9.22. The van der Waals surface area contributed by atoms with Crippen LogP contribution in [0.4, 0.5) is 5.69 Å². The normalized spacial score (nSPS) is 15.0. The van der Waals surface area contributed by atoms with Gasteiger partial charge in [-0.15, -0.1) is 0 Å². The smallest absolute Gasteiger partial charge is 0.312 e. The Morgan fingerprint density at radius 2 is 1.82 bits per heavy atom. The molecule has 2 heterocycles. The maximum atomic E-state index is 12.4. The minimum Gasteiger partial charge on any atom is -0.443 e. The maximum absolute atomic E-state index is 12.4. The van der Waals surface area contributed by atoms with Crippen LogP contribution in [0.25, 0.3) is 22.6 Å². The Morgan fingerprint density at radius 1 is 1.11 bits per heavy atom. The molecule has 0 aliphatic carbocycles. The highest BCUT2D eigenvalue weighted by atomic mass is 16.5. The van der Waals surface area contributed by atoms with Gasteiger partial charge in [-0.2, -0.15) is 0 Å². The Hall–Kier alpha value is -3.34. The molecule has 0 spiro atoms. The van der Waals surface area contributed by atoms with Gasteiger partial charge in [0, 0.05) is 34.0 Å². The van der Waals surface area contributed by atoms with Crippen LogP contribution in [0.1, 0.15) is 31.9 Å². The zero-order valence-corrected chi connectivity index (χ0v) is 16.2. The molecule has 142 valence electrons. The Kier molecular flexibility index (Phi) is 4.30. The summed E-state index contributed by atoms with van der Waals surface area (Å²) in [6.45, 7) is 5.61. The van der Waals surface area contributed by atoms with Crippen molar-refractivity contribution in [2.45, 2.75) is 27.5 Å². The summed E-state index contributed by atoms with van der Waals surface area (Å²) in [7, 11) is 0. The van der Waals surface area contributed by atoms with E-state index >= 15 is 0 Å². The fraction of sp³-hybridized carbons (Fsp3) is 0.217. The van der Waals surface area contributed by atoms with Gasteiger partial charge in [0.1, 0.15) is 0 Å². The van der Waals surface area contributed by atoms with Crippen LogP contribution >= 0.6 is 0 Å². The van der Waals surface area contributed by atoms with Gasteiger partial charge in [-0.3, -0.25) is 9.59 Å². The third kappa shape index (κ3) is 3.20. The monoisotopic (exact) mass is 374 g/mol. The number of anilines is 1. The lowest BCUT2D eigenvalue weighted by Gasteiger charge is -2.17. The summed E-state index contributed by atoms with van der Waals surface area (Å²) in [5.41, 5.74) is 3.64. The van der Waals surface area contributed by atoms with Crippen molar-refractivity contribution >= 4 is 40.1 Å². The summed E-state index contributed by atoms with van der Waals surface area (Å²) < 4.78 is 7.38. The van der Waals surface area contributed by atoms with Crippen molar-refractivity contribution in [3.05, 3.63) is 65.9 Å². The van der Waals surface area contributed by atoms with Crippen molar-refractivity contribution in [1.29, 1.82) is 0 Å². The third-order valence-corrected chi connectivity index (χ3v) is 4.78. The van der Waals surface area contributed by atoms with E-state index in [-0.39, 0.29) is 18.6 Å². The quantitative estimate of drug-likeness (QED) is 0.535. The number of nitrogens with one attached hydrogen (secondary N) is 1. The van der Waals surface area contributed by atoms with Crippen LogP contribution in [-0.2, 0) is 21.1 Å². The number of rotatable bonds is 3. The van der Waals surface area contributed by atoms with Crippen molar-refractivity contribution in [3.8, 4) is 0 Å². The molecule has 28 heavy (non-hydrogen) atoms. The summed E-state index contributed by atoms with van der Waals surface area (Å²) in [6.07, 6.45) is 3.81. The van der Waals surface area contributed by atoms with Gasteiger partial charge in [-0.25, -0.2) is 0 Å². The molecule has 0 saturated heterocycles. The second-order valence-electron chi connectivity index (χ2n) is 7.94. The van der Waals surface area contributed by atoms with Gasteiger partial charge in [-0.05, 0) is 39.0 Å². The first-order valence-corrected chi connectivity index (χ1v) is 9.22. The molecular weight excluding hydrogens is 352 g/mol. The molecule has 1 amide bonds. The van der Waals surface area contributed by atoms with Gasteiger partial charge in [0.05, 0.1) is 10.9 Å². The number of aromatic nitrogens is 1. The fourth-order valence-electron chi connectivity index (χ4n) is 3.28. The molecule has 5 heteroatoms. The summed E-state index contributed by atoms with van der Waals surface area (Å²) >= 11 is 0. The summed E-state index contributed by atoms with van der Waals surface area (Å²) in [5, 5.41) is 3.89. The standard InChI is InChI=1S/C23H22N2O3/c1-23(2,3)22(27)28-14-25-13-15(16-8-5-7-11-20(16)25)12-18-17-9-4-6-10-19(17)24-21(18)26/h4-13H,14H2,1-3H3,(H,24,26). The molecule has 1 aliphatic heterocycles. The van der Waals surface area contributed by atoms with Crippen LogP contribution < -0.4 is 5.32 Å². The number of nitrogens with zero attached hydrogens (tertiary/aromatic N) is 1. The van der Waals surface area contributed by atoms with Crippen molar-refractivity contribution in [2.75, 3.05) is 5.32 Å². The maximum Gasteiger partial charge on any atom is 0.312 e. The minimum atomic E-state index is -0.556. The number of benzene rings is 2. The van der Waals surface area contributed by atoms with Crippen LogP contribution in [0.15, 0.2) is 54.7 Å². The molecule has 0 bridgehead atoms. The number of esters is 1. The van der Waals surface area contributed by atoms with E-state index in [0.29, 0.717) is 5.57 Å². The molecule has 1 aliphatic rings. The Bertz CT molecular complexity index is 1120. The molecule has 5 nitrogen and oxygen atoms in total. The lowest BCUT2D eigenvalue weighted by Crippen LogP contribution is -2.23. The molecular formula is C23H22N2O3. The van der Waals surface area contributed by atoms with Crippen molar-refractivity contribution in [3.63, 3.8) is 0 Å². The minimum absolute atomic E-state index is 0.114. The molecule has 0 atom stereocenters. The van der Waals surface area contributed by atoms with E-state index in [1.807, 2.05) is 86.1 Å². The number of ether oxygens (including phenoxy) is 1. The van der Waals surface area contributed by atoms with Gasteiger partial charge in [0.15, 0.2) is 6.73 Å². The molecule has 3 aromatic rings. The van der Waals surface area contributed by atoms with Crippen molar-refractivity contribution in [1.82, 2.24) is 4.57 Å². The predicted octanol–water partition coefficient (Wildman–Crippen LogP) is 4.68. The highest BCUT2D eigenvalue weighted by Gasteiger charge is 2.25. The van der Waals surface area contributed by atoms with Crippen molar-refractivity contribution < 1.29 is 14.3 Å². The van der Waals surface area contributed by atoms with Gasteiger partial charge in [0.2, 0.25) is 0 Å². The molecule has 0 saturated carbocycles. The van der Waals surface area contributed by atoms with Crippen molar-refractivity contribution in [2.24, 2.45) is 5.41 Å². The van der Waals surface area contributed by atoms with Gasteiger partial charge < -0.3 is 14.6 Å². The molecule has 0 fully saturated rings. The lowest BCUT2D eigenvalue weighted by molar-refractivity contribution is -0.156. The van der Waals surface area contributed by atoms with E-state index in [1.54, 1.807) is 0 Å². The highest BCUT2D eigenvalue weighted by molar-refractivity contribution is 6.35. The average molecular weight is 374 g/mol.